The lowest BCUT2D eigenvalue weighted by Gasteiger charge is -2.32. The van der Waals surface area contributed by atoms with Crippen LogP contribution in [-0.4, -0.2) is 68.1 Å². The molecule has 1 amide bonds. The zero-order valence-electron chi connectivity index (χ0n) is 14.6. The molecule has 134 valence electrons. The normalized spacial score (nSPS) is 17.5. The Labute approximate surface area is 149 Å². The SMILES string of the molecule is CCC(Oc1ccccc1Cl)C(=O)NCCCN1CCN(C)CC1. The molecule has 1 atom stereocenters. The lowest BCUT2D eigenvalue weighted by molar-refractivity contribution is -0.128. The zero-order chi connectivity index (χ0) is 17.4. The van der Waals surface area contributed by atoms with Crippen molar-refractivity contribution in [2.45, 2.75) is 25.9 Å². The van der Waals surface area contributed by atoms with Crippen molar-refractivity contribution in [3.05, 3.63) is 29.3 Å². The Bertz CT molecular complexity index is 519. The molecule has 1 aliphatic heterocycles. The molecule has 0 spiro atoms. The topological polar surface area (TPSA) is 44.8 Å². The number of benzene rings is 1. The van der Waals surface area contributed by atoms with Gasteiger partial charge in [-0.3, -0.25) is 4.79 Å². The van der Waals surface area contributed by atoms with Gasteiger partial charge in [-0.25, -0.2) is 0 Å². The van der Waals surface area contributed by atoms with E-state index in [1.54, 1.807) is 12.1 Å². The average Bonchev–Trinajstić information content (AvgIpc) is 2.59. The van der Waals surface area contributed by atoms with Gasteiger partial charge in [0.05, 0.1) is 5.02 Å². The number of carbonyl (C=O) groups is 1. The largest absolute Gasteiger partial charge is 0.479 e. The minimum Gasteiger partial charge on any atom is -0.479 e. The second-order valence-electron chi connectivity index (χ2n) is 6.23. The molecule has 1 heterocycles. The third kappa shape index (κ3) is 5.96. The monoisotopic (exact) mass is 353 g/mol. The van der Waals surface area contributed by atoms with Gasteiger partial charge >= 0.3 is 0 Å². The second kappa shape index (κ2) is 9.87. The highest BCUT2D eigenvalue weighted by atomic mass is 35.5. The van der Waals surface area contributed by atoms with Gasteiger partial charge in [0.2, 0.25) is 0 Å². The number of halogens is 1. The minimum atomic E-state index is -0.506. The average molecular weight is 354 g/mol. The van der Waals surface area contributed by atoms with Gasteiger partial charge in [-0.15, -0.1) is 0 Å². The summed E-state index contributed by atoms with van der Waals surface area (Å²) in [5.74, 6) is 0.481. The molecule has 0 aromatic heterocycles. The molecule has 0 saturated carbocycles. The number of likely N-dealkylation sites (N-methyl/N-ethyl adjacent to an activating group) is 1. The highest BCUT2D eigenvalue weighted by molar-refractivity contribution is 6.32. The Morgan fingerprint density at radius 1 is 1.29 bits per heavy atom. The zero-order valence-corrected chi connectivity index (χ0v) is 15.4. The number of para-hydroxylation sites is 1. The number of nitrogens with zero attached hydrogens (tertiary/aromatic N) is 2. The first-order valence-electron chi connectivity index (χ1n) is 8.70. The van der Waals surface area contributed by atoms with Gasteiger partial charge in [-0.05, 0) is 38.6 Å². The van der Waals surface area contributed by atoms with Gasteiger partial charge < -0.3 is 19.9 Å². The fourth-order valence-corrected chi connectivity index (χ4v) is 2.90. The molecular weight excluding hydrogens is 326 g/mol. The summed E-state index contributed by atoms with van der Waals surface area (Å²) in [6, 6.07) is 7.24. The molecule has 1 aliphatic rings. The molecule has 2 rings (SSSR count). The maximum absolute atomic E-state index is 12.3. The summed E-state index contributed by atoms with van der Waals surface area (Å²) in [5.41, 5.74) is 0. The van der Waals surface area contributed by atoms with Crippen molar-refractivity contribution >= 4 is 17.5 Å². The van der Waals surface area contributed by atoms with E-state index in [1.807, 2.05) is 19.1 Å². The highest BCUT2D eigenvalue weighted by Gasteiger charge is 2.19. The van der Waals surface area contributed by atoms with Crippen molar-refractivity contribution < 1.29 is 9.53 Å². The molecule has 5 nitrogen and oxygen atoms in total. The molecule has 6 heteroatoms. The van der Waals surface area contributed by atoms with E-state index >= 15 is 0 Å². The number of carbonyl (C=O) groups excluding carboxylic acids is 1. The first kappa shape index (κ1) is 19.0. The van der Waals surface area contributed by atoms with E-state index in [2.05, 4.69) is 22.2 Å². The molecule has 1 aromatic rings. The standard InChI is InChI=1S/C18H28ClN3O2/c1-3-16(24-17-8-5-4-7-15(17)19)18(23)20-9-6-10-22-13-11-21(2)12-14-22/h4-5,7-8,16H,3,6,9-14H2,1-2H3,(H,20,23). The summed E-state index contributed by atoms with van der Waals surface area (Å²) in [6.07, 6.45) is 1.06. The number of hydrogen-bond donors (Lipinski definition) is 1. The van der Waals surface area contributed by atoms with Crippen LogP contribution in [0.3, 0.4) is 0 Å². The van der Waals surface area contributed by atoms with Crippen LogP contribution in [0.4, 0.5) is 0 Å². The quantitative estimate of drug-likeness (QED) is 0.728. The molecule has 1 N–H and O–H groups in total. The van der Waals surface area contributed by atoms with Crippen LogP contribution >= 0.6 is 11.6 Å². The van der Waals surface area contributed by atoms with Crippen molar-refractivity contribution in [3.8, 4) is 5.75 Å². The summed E-state index contributed by atoms with van der Waals surface area (Å²) in [6.45, 7) is 8.09. The van der Waals surface area contributed by atoms with Crippen LogP contribution in [-0.2, 0) is 4.79 Å². The summed E-state index contributed by atoms with van der Waals surface area (Å²) in [5, 5.41) is 3.50. The molecule has 1 aromatic carbocycles. The van der Waals surface area contributed by atoms with Crippen LogP contribution in [0.1, 0.15) is 19.8 Å². The predicted molar refractivity (Wildman–Crippen MR) is 97.7 cm³/mol. The van der Waals surface area contributed by atoms with Crippen molar-refractivity contribution in [1.82, 2.24) is 15.1 Å². The van der Waals surface area contributed by atoms with Crippen LogP contribution < -0.4 is 10.1 Å². The summed E-state index contributed by atoms with van der Waals surface area (Å²) in [4.78, 5) is 17.1. The van der Waals surface area contributed by atoms with Crippen molar-refractivity contribution in [3.63, 3.8) is 0 Å². The molecule has 1 fully saturated rings. The number of nitrogens with one attached hydrogen (secondary N) is 1. The fraction of sp³-hybridized carbons (Fsp3) is 0.611. The van der Waals surface area contributed by atoms with Crippen LogP contribution in [0.15, 0.2) is 24.3 Å². The van der Waals surface area contributed by atoms with Crippen molar-refractivity contribution in [2.24, 2.45) is 0 Å². The van der Waals surface area contributed by atoms with E-state index in [-0.39, 0.29) is 5.91 Å². The predicted octanol–water partition coefficient (Wildman–Crippen LogP) is 2.25. The lowest BCUT2D eigenvalue weighted by Crippen LogP contribution is -2.45. The summed E-state index contributed by atoms with van der Waals surface area (Å²) < 4.78 is 5.76. The first-order valence-corrected chi connectivity index (χ1v) is 9.07. The van der Waals surface area contributed by atoms with Gasteiger partial charge in [-0.2, -0.15) is 0 Å². The molecule has 1 unspecified atom stereocenters. The molecule has 0 bridgehead atoms. The maximum atomic E-state index is 12.3. The van der Waals surface area contributed by atoms with E-state index in [9.17, 15) is 4.79 Å². The Kier molecular flexibility index (Phi) is 7.82. The molecular formula is C18H28ClN3O2. The first-order chi connectivity index (χ1) is 11.6. The van der Waals surface area contributed by atoms with Gasteiger partial charge in [0, 0.05) is 32.7 Å². The number of piperazine rings is 1. The third-order valence-corrected chi connectivity index (χ3v) is 4.63. The van der Waals surface area contributed by atoms with E-state index in [0.29, 0.717) is 23.7 Å². The maximum Gasteiger partial charge on any atom is 0.261 e. The molecule has 1 saturated heterocycles. The summed E-state index contributed by atoms with van der Waals surface area (Å²) in [7, 11) is 2.15. The molecule has 0 aliphatic carbocycles. The number of ether oxygens (including phenoxy) is 1. The Morgan fingerprint density at radius 3 is 2.67 bits per heavy atom. The van der Waals surface area contributed by atoms with Crippen molar-refractivity contribution in [1.29, 1.82) is 0 Å². The van der Waals surface area contributed by atoms with Crippen LogP contribution in [0, 0.1) is 0 Å². The molecule has 0 radical (unpaired) electrons. The van der Waals surface area contributed by atoms with Crippen LogP contribution in [0.2, 0.25) is 5.02 Å². The minimum absolute atomic E-state index is 0.0733. The highest BCUT2D eigenvalue weighted by Crippen LogP contribution is 2.24. The van der Waals surface area contributed by atoms with Crippen LogP contribution in [0.25, 0.3) is 0 Å². The smallest absolute Gasteiger partial charge is 0.261 e. The van der Waals surface area contributed by atoms with Crippen LogP contribution in [0.5, 0.6) is 5.75 Å². The van der Waals surface area contributed by atoms with E-state index < -0.39 is 6.10 Å². The van der Waals surface area contributed by atoms with Gasteiger partial charge in [0.1, 0.15) is 5.75 Å². The third-order valence-electron chi connectivity index (χ3n) is 4.32. The summed E-state index contributed by atoms with van der Waals surface area (Å²) >= 11 is 6.09. The lowest BCUT2D eigenvalue weighted by atomic mass is 10.2. The number of hydrogen-bond acceptors (Lipinski definition) is 4. The Hall–Kier alpha value is -1.30. The number of rotatable bonds is 8. The van der Waals surface area contributed by atoms with Gasteiger partial charge in [0.25, 0.3) is 5.91 Å². The van der Waals surface area contributed by atoms with E-state index in [1.165, 1.54) is 0 Å². The van der Waals surface area contributed by atoms with Gasteiger partial charge in [0.15, 0.2) is 6.10 Å². The Balaban J connectivity index is 1.69. The van der Waals surface area contributed by atoms with E-state index in [0.717, 1.165) is 39.1 Å². The fourth-order valence-electron chi connectivity index (χ4n) is 2.72. The van der Waals surface area contributed by atoms with Crippen molar-refractivity contribution in [2.75, 3.05) is 46.3 Å². The second-order valence-corrected chi connectivity index (χ2v) is 6.64. The van der Waals surface area contributed by atoms with Gasteiger partial charge in [-0.1, -0.05) is 30.7 Å². The van der Waals surface area contributed by atoms with E-state index in [4.69, 9.17) is 16.3 Å². The number of amides is 1. The Morgan fingerprint density at radius 2 is 2.00 bits per heavy atom. The molecule has 24 heavy (non-hydrogen) atoms.